The highest BCUT2D eigenvalue weighted by atomic mass is 16.5. The molecule has 5 nitrogen and oxygen atoms in total. The van der Waals surface area contributed by atoms with Crippen LogP contribution in [-0.4, -0.2) is 43.8 Å². The first-order valence-electron chi connectivity index (χ1n) is 5.96. The number of hydrogen-bond acceptors (Lipinski definition) is 5. The first kappa shape index (κ1) is 13.7. The van der Waals surface area contributed by atoms with Crippen molar-refractivity contribution in [2.45, 2.75) is 20.3 Å². The van der Waals surface area contributed by atoms with Gasteiger partial charge in [0.1, 0.15) is 18.0 Å². The molecule has 96 valence electrons. The van der Waals surface area contributed by atoms with Crippen molar-refractivity contribution in [3.63, 3.8) is 0 Å². The maximum Gasteiger partial charge on any atom is 0.136 e. The third-order valence-corrected chi connectivity index (χ3v) is 2.61. The Morgan fingerprint density at radius 2 is 2.18 bits per heavy atom. The number of nitrogens with zero attached hydrogens (tertiary/aromatic N) is 3. The molecule has 1 aromatic heterocycles. The predicted molar refractivity (Wildman–Crippen MR) is 70.7 cm³/mol. The van der Waals surface area contributed by atoms with E-state index >= 15 is 0 Å². The number of rotatable bonds is 7. The van der Waals surface area contributed by atoms with E-state index in [0.29, 0.717) is 0 Å². The van der Waals surface area contributed by atoms with Crippen molar-refractivity contribution in [1.29, 1.82) is 0 Å². The maximum atomic E-state index is 5.05. The fraction of sp³-hybridized carbons (Fsp3) is 0.667. The summed E-state index contributed by atoms with van der Waals surface area (Å²) in [7, 11) is 3.76. The lowest BCUT2D eigenvalue weighted by molar-refractivity contribution is 0.196. The van der Waals surface area contributed by atoms with Crippen molar-refractivity contribution in [3.8, 4) is 0 Å². The second-order valence-electron chi connectivity index (χ2n) is 3.97. The molecule has 0 bridgehead atoms. The van der Waals surface area contributed by atoms with Crippen molar-refractivity contribution >= 4 is 11.6 Å². The summed E-state index contributed by atoms with van der Waals surface area (Å²) in [5.74, 6) is 1.89. The van der Waals surface area contributed by atoms with Gasteiger partial charge in [-0.1, -0.05) is 0 Å². The van der Waals surface area contributed by atoms with Gasteiger partial charge in [0.2, 0.25) is 0 Å². The molecule has 1 N–H and O–H groups in total. The van der Waals surface area contributed by atoms with Crippen molar-refractivity contribution in [2.24, 2.45) is 0 Å². The zero-order valence-corrected chi connectivity index (χ0v) is 11.2. The van der Waals surface area contributed by atoms with Crippen LogP contribution in [0.4, 0.5) is 11.6 Å². The topological polar surface area (TPSA) is 50.3 Å². The minimum atomic E-state index is 0.772. The van der Waals surface area contributed by atoms with Gasteiger partial charge in [-0.05, 0) is 20.3 Å². The average Bonchev–Trinajstić information content (AvgIpc) is 2.32. The Bertz CT molecular complexity index is 343. The van der Waals surface area contributed by atoms with E-state index in [9.17, 15) is 0 Å². The van der Waals surface area contributed by atoms with E-state index in [1.165, 1.54) is 0 Å². The van der Waals surface area contributed by atoms with E-state index in [1.54, 1.807) is 13.4 Å². The fourth-order valence-electron chi connectivity index (χ4n) is 1.72. The Morgan fingerprint density at radius 1 is 1.41 bits per heavy atom. The van der Waals surface area contributed by atoms with Crippen LogP contribution in [0, 0.1) is 6.92 Å². The van der Waals surface area contributed by atoms with Gasteiger partial charge >= 0.3 is 0 Å². The van der Waals surface area contributed by atoms with E-state index in [1.807, 2.05) is 14.0 Å². The second-order valence-corrected chi connectivity index (χ2v) is 3.97. The Morgan fingerprint density at radius 3 is 2.82 bits per heavy atom. The molecule has 0 aliphatic heterocycles. The highest BCUT2D eigenvalue weighted by molar-refractivity contribution is 5.57. The standard InChI is InChI=1S/C12H22N4O/c1-5-13-11-10(2)12(15-9-14-11)16(3)7-6-8-17-4/h9H,5-8H2,1-4H3,(H,13,14,15). The molecule has 0 aliphatic carbocycles. The molecule has 0 saturated heterocycles. The molecule has 17 heavy (non-hydrogen) atoms. The van der Waals surface area contributed by atoms with Gasteiger partial charge in [0.25, 0.3) is 0 Å². The molecular weight excluding hydrogens is 216 g/mol. The van der Waals surface area contributed by atoms with Crippen molar-refractivity contribution in [1.82, 2.24) is 9.97 Å². The van der Waals surface area contributed by atoms with Gasteiger partial charge in [0, 0.05) is 39.4 Å². The third-order valence-electron chi connectivity index (χ3n) is 2.61. The van der Waals surface area contributed by atoms with Crippen LogP contribution in [0.25, 0.3) is 0 Å². The molecule has 0 aliphatic rings. The number of anilines is 2. The number of methoxy groups -OCH3 is 1. The first-order chi connectivity index (χ1) is 8.20. The monoisotopic (exact) mass is 238 g/mol. The van der Waals surface area contributed by atoms with Crippen LogP contribution in [0.5, 0.6) is 0 Å². The molecule has 5 heteroatoms. The molecule has 0 spiro atoms. The molecule has 1 aromatic rings. The van der Waals surface area contributed by atoms with Crippen LogP contribution in [-0.2, 0) is 4.74 Å². The lowest BCUT2D eigenvalue weighted by Gasteiger charge is -2.21. The molecule has 0 unspecified atom stereocenters. The van der Waals surface area contributed by atoms with E-state index in [4.69, 9.17) is 4.74 Å². The van der Waals surface area contributed by atoms with Gasteiger partial charge in [-0.3, -0.25) is 0 Å². The summed E-state index contributed by atoms with van der Waals surface area (Å²) in [5.41, 5.74) is 1.09. The molecule has 1 heterocycles. The van der Waals surface area contributed by atoms with E-state index in [2.05, 4.69) is 27.1 Å². The fourth-order valence-corrected chi connectivity index (χ4v) is 1.72. The summed E-state index contributed by atoms with van der Waals surface area (Å²) in [6.45, 7) is 6.67. The van der Waals surface area contributed by atoms with Gasteiger partial charge < -0.3 is 15.0 Å². The molecular formula is C12H22N4O. The van der Waals surface area contributed by atoms with Crippen LogP contribution in [0.3, 0.4) is 0 Å². The number of hydrogen-bond donors (Lipinski definition) is 1. The average molecular weight is 238 g/mol. The van der Waals surface area contributed by atoms with E-state index in [-0.39, 0.29) is 0 Å². The van der Waals surface area contributed by atoms with Crippen LogP contribution in [0.15, 0.2) is 6.33 Å². The SMILES string of the molecule is CCNc1ncnc(N(C)CCCOC)c1C. The molecule has 0 amide bonds. The van der Waals surface area contributed by atoms with Crippen molar-refractivity contribution < 1.29 is 4.74 Å². The van der Waals surface area contributed by atoms with Crippen LogP contribution in [0.2, 0.25) is 0 Å². The van der Waals surface area contributed by atoms with Gasteiger partial charge in [-0.2, -0.15) is 0 Å². The van der Waals surface area contributed by atoms with Gasteiger partial charge in [0.15, 0.2) is 0 Å². The Labute approximate surface area is 103 Å². The summed E-state index contributed by atoms with van der Waals surface area (Å²) in [4.78, 5) is 10.7. The zero-order chi connectivity index (χ0) is 12.7. The minimum Gasteiger partial charge on any atom is -0.385 e. The Hall–Kier alpha value is -1.36. The summed E-state index contributed by atoms with van der Waals surface area (Å²) < 4.78 is 5.05. The predicted octanol–water partition coefficient (Wildman–Crippen LogP) is 1.69. The van der Waals surface area contributed by atoms with Gasteiger partial charge in [-0.15, -0.1) is 0 Å². The van der Waals surface area contributed by atoms with Crippen LogP contribution >= 0.6 is 0 Å². The van der Waals surface area contributed by atoms with Gasteiger partial charge in [-0.25, -0.2) is 9.97 Å². The smallest absolute Gasteiger partial charge is 0.136 e. The molecule has 0 saturated carbocycles. The Balaban J connectivity index is 2.72. The normalized spacial score (nSPS) is 10.4. The largest absolute Gasteiger partial charge is 0.385 e. The van der Waals surface area contributed by atoms with E-state index < -0.39 is 0 Å². The zero-order valence-electron chi connectivity index (χ0n) is 11.2. The summed E-state index contributed by atoms with van der Waals surface area (Å²) >= 11 is 0. The van der Waals surface area contributed by atoms with E-state index in [0.717, 1.165) is 43.3 Å². The summed E-state index contributed by atoms with van der Waals surface area (Å²) in [5, 5.41) is 3.24. The molecule has 0 atom stereocenters. The van der Waals surface area contributed by atoms with Crippen LogP contribution in [0.1, 0.15) is 18.9 Å². The highest BCUT2D eigenvalue weighted by Crippen LogP contribution is 2.20. The molecule has 0 fully saturated rings. The van der Waals surface area contributed by atoms with Gasteiger partial charge in [0.05, 0.1) is 0 Å². The minimum absolute atomic E-state index is 0.772. The summed E-state index contributed by atoms with van der Waals surface area (Å²) in [6.07, 6.45) is 2.60. The number of ether oxygens (including phenoxy) is 1. The lowest BCUT2D eigenvalue weighted by Crippen LogP contribution is -2.22. The van der Waals surface area contributed by atoms with Crippen molar-refractivity contribution in [2.75, 3.05) is 44.1 Å². The molecule has 0 aromatic carbocycles. The quantitative estimate of drug-likeness (QED) is 0.733. The third kappa shape index (κ3) is 3.85. The highest BCUT2D eigenvalue weighted by Gasteiger charge is 2.09. The number of nitrogens with one attached hydrogen (secondary N) is 1. The molecule has 1 rings (SSSR count). The van der Waals surface area contributed by atoms with Crippen LogP contribution < -0.4 is 10.2 Å². The lowest BCUT2D eigenvalue weighted by atomic mass is 10.3. The first-order valence-corrected chi connectivity index (χ1v) is 5.96. The second kappa shape index (κ2) is 7.06. The maximum absolute atomic E-state index is 5.05. The molecule has 0 radical (unpaired) electrons. The Kier molecular flexibility index (Phi) is 5.69. The van der Waals surface area contributed by atoms with Crippen molar-refractivity contribution in [3.05, 3.63) is 11.9 Å². The summed E-state index contributed by atoms with van der Waals surface area (Å²) in [6, 6.07) is 0. The number of aromatic nitrogens is 2.